The molecule has 2 aromatic carbocycles. The van der Waals surface area contributed by atoms with E-state index >= 15 is 0 Å². The third-order valence-corrected chi connectivity index (χ3v) is 7.38. The fourth-order valence-corrected chi connectivity index (χ4v) is 4.86. The van der Waals surface area contributed by atoms with Crippen LogP contribution in [0.2, 0.25) is 0 Å². The number of hydrogen-bond donors (Lipinski definition) is 1. The molecule has 39 heavy (non-hydrogen) atoms. The minimum atomic E-state index is -0.846. The first-order valence-corrected chi connectivity index (χ1v) is 13.6. The molecule has 0 aromatic heterocycles. The third kappa shape index (κ3) is 8.96. The predicted molar refractivity (Wildman–Crippen MR) is 149 cm³/mol. The quantitative estimate of drug-likeness (QED) is 0.314. The maximum absolute atomic E-state index is 13.2. The highest BCUT2D eigenvalue weighted by molar-refractivity contribution is 6.36. The number of carbonyl (C=O) groups excluding carboxylic acids is 5. The zero-order valence-electron chi connectivity index (χ0n) is 23.1. The van der Waals surface area contributed by atoms with Crippen molar-refractivity contribution in [3.8, 4) is 0 Å². The first-order chi connectivity index (χ1) is 18.7. The van der Waals surface area contributed by atoms with Gasteiger partial charge >= 0.3 is 0 Å². The zero-order valence-corrected chi connectivity index (χ0v) is 23.1. The normalized spacial score (nSPS) is 15.4. The summed E-state index contributed by atoms with van der Waals surface area (Å²) >= 11 is 0. The van der Waals surface area contributed by atoms with Crippen LogP contribution in [-0.4, -0.2) is 78.2 Å². The van der Waals surface area contributed by atoms with Gasteiger partial charge in [-0.25, -0.2) is 0 Å². The van der Waals surface area contributed by atoms with Crippen molar-refractivity contribution in [1.82, 2.24) is 15.1 Å². The average Bonchev–Trinajstić information content (AvgIpc) is 2.95. The van der Waals surface area contributed by atoms with E-state index in [4.69, 9.17) is 0 Å². The zero-order chi connectivity index (χ0) is 28.4. The Bertz CT molecular complexity index is 1140. The molecule has 8 nitrogen and oxygen atoms in total. The van der Waals surface area contributed by atoms with Gasteiger partial charge in [0.25, 0.3) is 5.91 Å². The largest absolute Gasteiger partial charge is 0.346 e. The summed E-state index contributed by atoms with van der Waals surface area (Å²) in [6, 6.07) is 17.8. The van der Waals surface area contributed by atoms with E-state index in [1.165, 1.54) is 0 Å². The smallest absolute Gasteiger partial charge is 0.289 e. The molecule has 1 heterocycles. The maximum atomic E-state index is 13.2. The molecule has 0 spiro atoms. The molecule has 1 aliphatic heterocycles. The highest BCUT2D eigenvalue weighted by Gasteiger charge is 2.29. The molecule has 3 rings (SSSR count). The van der Waals surface area contributed by atoms with Crippen molar-refractivity contribution in [3.63, 3.8) is 0 Å². The molecule has 0 radical (unpaired) electrons. The molecule has 0 unspecified atom stereocenters. The molecular formula is C31H39N3O5. The second kappa shape index (κ2) is 14.5. The van der Waals surface area contributed by atoms with E-state index in [-0.39, 0.29) is 30.8 Å². The van der Waals surface area contributed by atoms with Gasteiger partial charge in [0.05, 0.1) is 6.04 Å². The number of benzene rings is 2. The Morgan fingerprint density at radius 3 is 2.08 bits per heavy atom. The molecule has 1 saturated heterocycles. The molecule has 2 aromatic rings. The number of piperidine rings is 1. The van der Waals surface area contributed by atoms with Crippen LogP contribution in [0.15, 0.2) is 60.7 Å². The molecule has 1 N–H and O–H groups in total. The summed E-state index contributed by atoms with van der Waals surface area (Å²) in [7, 11) is 4.01. The second-order valence-corrected chi connectivity index (χ2v) is 10.5. The number of nitrogens with zero attached hydrogens (tertiary/aromatic N) is 2. The molecule has 0 bridgehead atoms. The molecule has 1 aliphatic rings. The van der Waals surface area contributed by atoms with E-state index in [0.717, 1.165) is 18.4 Å². The van der Waals surface area contributed by atoms with Gasteiger partial charge in [0.2, 0.25) is 11.7 Å². The van der Waals surface area contributed by atoms with E-state index in [1.54, 1.807) is 36.1 Å². The molecule has 0 saturated carbocycles. The lowest BCUT2D eigenvalue weighted by atomic mass is 9.91. The molecule has 8 heteroatoms. The van der Waals surface area contributed by atoms with Crippen LogP contribution in [0.3, 0.4) is 0 Å². The standard InChI is InChI=1S/C31H39N3O5/c1-22(27(35)14-15-28(36)31(39)34-18-16-26(17-19-34)33(2)3)32-30(38)25(20-23-10-6-4-7-11-23)21-29(37)24-12-8-5-9-13-24/h4-13,22,25-26H,14-21H2,1-3H3,(H,32,38)/t22-,25+/m0/s1. The van der Waals surface area contributed by atoms with Gasteiger partial charge in [-0.2, -0.15) is 0 Å². The number of rotatable bonds is 13. The lowest BCUT2D eigenvalue weighted by molar-refractivity contribution is -0.146. The van der Waals surface area contributed by atoms with E-state index in [2.05, 4.69) is 10.2 Å². The van der Waals surface area contributed by atoms with Crippen molar-refractivity contribution < 1.29 is 24.0 Å². The van der Waals surface area contributed by atoms with Crippen LogP contribution in [-0.2, 0) is 25.6 Å². The van der Waals surface area contributed by atoms with E-state index in [9.17, 15) is 24.0 Å². The molecule has 2 atom stereocenters. The van der Waals surface area contributed by atoms with Gasteiger partial charge in [-0.1, -0.05) is 60.7 Å². The van der Waals surface area contributed by atoms with Gasteiger partial charge in [-0.15, -0.1) is 0 Å². The number of likely N-dealkylation sites (tertiary alicyclic amines) is 1. The Morgan fingerprint density at radius 1 is 0.897 bits per heavy atom. The van der Waals surface area contributed by atoms with Crippen molar-refractivity contribution in [2.75, 3.05) is 27.2 Å². The number of carbonyl (C=O) groups is 5. The van der Waals surface area contributed by atoms with Gasteiger partial charge in [0, 0.05) is 49.9 Å². The molecule has 0 aliphatic carbocycles. The van der Waals surface area contributed by atoms with Crippen LogP contribution in [0.1, 0.15) is 54.9 Å². The molecule has 1 fully saturated rings. The van der Waals surface area contributed by atoms with Crippen LogP contribution >= 0.6 is 0 Å². The van der Waals surface area contributed by atoms with E-state index < -0.39 is 29.6 Å². The fraction of sp³-hybridized carbons (Fsp3) is 0.452. The summed E-state index contributed by atoms with van der Waals surface area (Å²) < 4.78 is 0. The SMILES string of the molecule is C[C@H](NC(=O)[C@@H](CC(=O)c1ccccc1)Cc1ccccc1)C(=O)CCC(=O)C(=O)N1CCC(N(C)C)CC1. The van der Waals surface area contributed by atoms with Crippen molar-refractivity contribution in [3.05, 3.63) is 71.8 Å². The summed E-state index contributed by atoms with van der Waals surface area (Å²) in [5.41, 5.74) is 1.44. The summed E-state index contributed by atoms with van der Waals surface area (Å²) in [5.74, 6) is -2.66. The monoisotopic (exact) mass is 533 g/mol. The number of amides is 2. The van der Waals surface area contributed by atoms with Crippen LogP contribution in [0.25, 0.3) is 0 Å². The lowest BCUT2D eigenvalue weighted by Gasteiger charge is -2.34. The first kappa shape index (κ1) is 29.9. The summed E-state index contributed by atoms with van der Waals surface area (Å²) in [6.45, 7) is 2.62. The fourth-order valence-electron chi connectivity index (χ4n) is 4.86. The lowest BCUT2D eigenvalue weighted by Crippen LogP contribution is -2.47. The number of nitrogens with one attached hydrogen (secondary N) is 1. The van der Waals surface area contributed by atoms with Crippen molar-refractivity contribution in [2.45, 2.75) is 57.5 Å². The predicted octanol–water partition coefficient (Wildman–Crippen LogP) is 3.09. The highest BCUT2D eigenvalue weighted by atomic mass is 16.2. The summed E-state index contributed by atoms with van der Waals surface area (Å²) in [4.78, 5) is 67.6. The minimum Gasteiger partial charge on any atom is -0.346 e. The molecular weight excluding hydrogens is 494 g/mol. The third-order valence-electron chi connectivity index (χ3n) is 7.38. The summed E-state index contributed by atoms with van der Waals surface area (Å²) in [5, 5.41) is 2.74. The number of Topliss-reactive ketones (excluding diaryl/α,β-unsaturated/α-hetero) is 3. The van der Waals surface area contributed by atoms with Gasteiger partial charge < -0.3 is 15.1 Å². The van der Waals surface area contributed by atoms with Crippen molar-refractivity contribution in [1.29, 1.82) is 0 Å². The Hall–Kier alpha value is -3.65. The maximum Gasteiger partial charge on any atom is 0.289 e. The minimum absolute atomic E-state index is 0.00313. The van der Waals surface area contributed by atoms with Gasteiger partial charge in [-0.3, -0.25) is 24.0 Å². The highest BCUT2D eigenvalue weighted by Crippen LogP contribution is 2.18. The molecule has 2 amide bonds. The summed E-state index contributed by atoms with van der Waals surface area (Å²) in [6.07, 6.45) is 1.65. The Balaban J connectivity index is 1.54. The Kier molecular flexibility index (Phi) is 11.1. The van der Waals surface area contributed by atoms with Gasteiger partial charge in [0.15, 0.2) is 11.6 Å². The van der Waals surface area contributed by atoms with Crippen molar-refractivity contribution >= 4 is 29.2 Å². The van der Waals surface area contributed by atoms with Gasteiger partial charge in [0.1, 0.15) is 0 Å². The average molecular weight is 534 g/mol. The number of hydrogen-bond acceptors (Lipinski definition) is 6. The molecule has 208 valence electrons. The van der Waals surface area contributed by atoms with Crippen LogP contribution in [0.5, 0.6) is 0 Å². The first-order valence-electron chi connectivity index (χ1n) is 13.6. The Labute approximate surface area is 230 Å². The van der Waals surface area contributed by atoms with E-state index in [1.807, 2.05) is 50.5 Å². The van der Waals surface area contributed by atoms with Gasteiger partial charge in [-0.05, 0) is 45.8 Å². The second-order valence-electron chi connectivity index (χ2n) is 10.5. The Morgan fingerprint density at radius 2 is 1.49 bits per heavy atom. The van der Waals surface area contributed by atoms with Crippen molar-refractivity contribution in [2.24, 2.45) is 5.92 Å². The van der Waals surface area contributed by atoms with E-state index in [0.29, 0.717) is 31.1 Å². The van der Waals surface area contributed by atoms with Crippen LogP contribution < -0.4 is 5.32 Å². The van der Waals surface area contributed by atoms with Crippen LogP contribution in [0, 0.1) is 5.92 Å². The topological polar surface area (TPSA) is 104 Å². The van der Waals surface area contributed by atoms with Crippen LogP contribution in [0.4, 0.5) is 0 Å². The number of ketones is 3.